The van der Waals surface area contributed by atoms with Crippen LogP contribution in [0.2, 0.25) is 0 Å². The van der Waals surface area contributed by atoms with Crippen molar-refractivity contribution in [3.8, 4) is 56.2 Å². The Labute approximate surface area is 293 Å². The zero-order chi connectivity index (χ0) is 36.0. The molecule has 0 radical (unpaired) electrons. The maximum Gasteiger partial charge on any atom is 0.416 e. The summed E-state index contributed by atoms with van der Waals surface area (Å²) >= 11 is 0. The average molecular weight is 699 g/mol. The molecule has 0 unspecified atom stereocenters. The van der Waals surface area contributed by atoms with E-state index in [4.69, 9.17) is 19.9 Å². The van der Waals surface area contributed by atoms with Crippen LogP contribution >= 0.6 is 0 Å². The zero-order valence-electron chi connectivity index (χ0n) is 26.9. The number of hydrogen-bond acceptors (Lipinski definition) is 4. The van der Waals surface area contributed by atoms with Gasteiger partial charge in [-0.3, -0.25) is 0 Å². The Morgan fingerprint density at radius 3 is 0.904 bits per heavy atom. The molecule has 8 rings (SSSR count). The fraction of sp³-hybridized carbons (Fsp3) is 0.0476. The van der Waals surface area contributed by atoms with Crippen molar-refractivity contribution in [1.29, 1.82) is 0 Å². The number of aromatic nitrogens is 4. The highest BCUT2D eigenvalue weighted by Crippen LogP contribution is 2.38. The first kappa shape index (κ1) is 32.8. The SMILES string of the molecule is FC(F)(F)c1ccc(-c2nc3ccc(-c4ccc5nc(-c6ccccc6)c(-c6ccccc6)nc5c4)cc3nc2-c2ccc(C(F)(F)F)cc2)cc1. The van der Waals surface area contributed by atoms with Gasteiger partial charge >= 0.3 is 12.4 Å². The van der Waals surface area contributed by atoms with E-state index in [1.807, 2.05) is 91.0 Å². The molecule has 0 bridgehead atoms. The summed E-state index contributed by atoms with van der Waals surface area (Å²) in [4.78, 5) is 19.7. The molecule has 2 heterocycles. The summed E-state index contributed by atoms with van der Waals surface area (Å²) in [6.07, 6.45) is -9.09. The van der Waals surface area contributed by atoms with Crippen molar-refractivity contribution in [2.45, 2.75) is 12.4 Å². The van der Waals surface area contributed by atoms with Gasteiger partial charge in [0.2, 0.25) is 0 Å². The van der Waals surface area contributed by atoms with Gasteiger partial charge in [0.05, 0.1) is 56.0 Å². The van der Waals surface area contributed by atoms with Crippen LogP contribution in [0.1, 0.15) is 11.1 Å². The second kappa shape index (κ2) is 12.7. The van der Waals surface area contributed by atoms with Gasteiger partial charge in [-0.1, -0.05) is 97.1 Å². The van der Waals surface area contributed by atoms with Gasteiger partial charge in [-0.25, -0.2) is 19.9 Å². The number of alkyl halides is 6. The maximum absolute atomic E-state index is 13.4. The zero-order valence-corrected chi connectivity index (χ0v) is 26.9. The van der Waals surface area contributed by atoms with Gasteiger partial charge in [-0.05, 0) is 59.7 Å². The van der Waals surface area contributed by atoms with Gasteiger partial charge in [0, 0.05) is 22.3 Å². The summed E-state index contributed by atoms with van der Waals surface area (Å²) in [6.45, 7) is 0. The highest BCUT2D eigenvalue weighted by atomic mass is 19.4. The molecule has 0 aliphatic heterocycles. The molecule has 2 aromatic heterocycles. The standard InChI is InChI=1S/C42H24F6N4/c43-41(44,45)31-17-11-27(12-18-31)39-40(28-13-19-32(20-14-28)42(46,47)48)52-36-24-30(16-22-34(36)50-39)29-15-21-33-35(23-29)51-38(26-9-5-2-6-10-26)37(49-33)25-7-3-1-4-8-25/h1-24H. The minimum Gasteiger partial charge on any atom is -0.244 e. The molecule has 0 fully saturated rings. The summed E-state index contributed by atoms with van der Waals surface area (Å²) in [6, 6.07) is 39.7. The van der Waals surface area contributed by atoms with Gasteiger partial charge in [0.1, 0.15) is 0 Å². The molecule has 0 saturated heterocycles. The van der Waals surface area contributed by atoms with Crippen molar-refractivity contribution in [3.63, 3.8) is 0 Å². The Morgan fingerprint density at radius 2 is 0.577 bits per heavy atom. The Balaban J connectivity index is 1.25. The first-order chi connectivity index (χ1) is 25.0. The maximum atomic E-state index is 13.4. The van der Waals surface area contributed by atoms with Crippen LogP contribution in [0.4, 0.5) is 26.3 Å². The quantitative estimate of drug-likeness (QED) is 0.168. The van der Waals surface area contributed by atoms with Crippen LogP contribution in [0.15, 0.2) is 146 Å². The lowest BCUT2D eigenvalue weighted by atomic mass is 10.00. The summed E-state index contributed by atoms with van der Waals surface area (Å²) in [7, 11) is 0. The summed E-state index contributed by atoms with van der Waals surface area (Å²) in [5, 5.41) is 0. The monoisotopic (exact) mass is 698 g/mol. The molecule has 0 atom stereocenters. The van der Waals surface area contributed by atoms with Crippen LogP contribution in [0.5, 0.6) is 0 Å². The van der Waals surface area contributed by atoms with Gasteiger partial charge in [0.15, 0.2) is 0 Å². The first-order valence-corrected chi connectivity index (χ1v) is 16.1. The molecule has 0 spiro atoms. The molecule has 254 valence electrons. The number of hydrogen-bond donors (Lipinski definition) is 0. The van der Waals surface area contributed by atoms with Gasteiger partial charge in [0.25, 0.3) is 0 Å². The first-order valence-electron chi connectivity index (χ1n) is 16.1. The molecule has 4 nitrogen and oxygen atoms in total. The van der Waals surface area contributed by atoms with Crippen LogP contribution in [0.25, 0.3) is 78.2 Å². The van der Waals surface area contributed by atoms with Crippen molar-refractivity contribution >= 4 is 22.1 Å². The van der Waals surface area contributed by atoms with E-state index in [9.17, 15) is 26.3 Å². The highest BCUT2D eigenvalue weighted by molar-refractivity contribution is 5.92. The molecule has 0 aliphatic rings. The van der Waals surface area contributed by atoms with Gasteiger partial charge < -0.3 is 0 Å². The van der Waals surface area contributed by atoms with Crippen molar-refractivity contribution < 1.29 is 26.3 Å². The van der Waals surface area contributed by atoms with E-state index in [0.717, 1.165) is 57.9 Å². The van der Waals surface area contributed by atoms with E-state index >= 15 is 0 Å². The summed E-state index contributed by atoms with van der Waals surface area (Å²) < 4.78 is 80.2. The molecule has 8 aromatic rings. The predicted octanol–water partition coefficient (Wildman–Crippen LogP) is 11.9. The van der Waals surface area contributed by atoms with E-state index in [0.29, 0.717) is 33.2 Å². The third kappa shape index (κ3) is 6.35. The van der Waals surface area contributed by atoms with Crippen molar-refractivity contribution in [1.82, 2.24) is 19.9 Å². The normalized spacial score (nSPS) is 12.0. The second-order valence-corrected chi connectivity index (χ2v) is 12.1. The molecule has 0 amide bonds. The third-order valence-electron chi connectivity index (χ3n) is 8.73. The number of rotatable bonds is 5. The molecule has 10 heteroatoms. The van der Waals surface area contributed by atoms with Crippen molar-refractivity contribution in [2.75, 3.05) is 0 Å². The van der Waals surface area contributed by atoms with Crippen LogP contribution in [0.3, 0.4) is 0 Å². The van der Waals surface area contributed by atoms with E-state index < -0.39 is 23.5 Å². The van der Waals surface area contributed by atoms with E-state index in [-0.39, 0.29) is 11.4 Å². The number of benzene rings is 6. The molecule has 0 aliphatic carbocycles. The second-order valence-electron chi connectivity index (χ2n) is 12.1. The Kier molecular flexibility index (Phi) is 8.02. The highest BCUT2D eigenvalue weighted by Gasteiger charge is 2.31. The Morgan fingerprint density at radius 1 is 0.288 bits per heavy atom. The topological polar surface area (TPSA) is 51.6 Å². The van der Waals surface area contributed by atoms with Crippen LogP contribution in [0, 0.1) is 0 Å². The molecular formula is C42H24F6N4. The smallest absolute Gasteiger partial charge is 0.244 e. The minimum atomic E-state index is -4.55. The van der Waals surface area contributed by atoms with Crippen molar-refractivity contribution in [2.24, 2.45) is 0 Å². The number of fused-ring (bicyclic) bond motifs is 2. The van der Waals surface area contributed by atoms with Crippen LogP contribution < -0.4 is 0 Å². The lowest BCUT2D eigenvalue weighted by Gasteiger charge is -2.14. The largest absolute Gasteiger partial charge is 0.416 e. The lowest BCUT2D eigenvalue weighted by Crippen LogP contribution is -2.05. The summed E-state index contributed by atoms with van der Waals surface area (Å²) in [5.74, 6) is 0. The van der Waals surface area contributed by atoms with Gasteiger partial charge in [-0.2, -0.15) is 26.3 Å². The number of nitrogens with zero attached hydrogens (tertiary/aromatic N) is 4. The van der Waals surface area contributed by atoms with E-state index in [1.165, 1.54) is 24.3 Å². The third-order valence-corrected chi connectivity index (χ3v) is 8.73. The molecular weight excluding hydrogens is 674 g/mol. The Bertz CT molecular complexity index is 2570. The summed E-state index contributed by atoms with van der Waals surface area (Å²) in [5.41, 5.74) is 6.66. The fourth-order valence-corrected chi connectivity index (χ4v) is 6.10. The number of halogens is 6. The van der Waals surface area contributed by atoms with Crippen molar-refractivity contribution in [3.05, 3.63) is 157 Å². The molecule has 52 heavy (non-hydrogen) atoms. The van der Waals surface area contributed by atoms with E-state index in [1.54, 1.807) is 6.07 Å². The minimum absolute atomic E-state index is 0.225. The predicted molar refractivity (Wildman–Crippen MR) is 190 cm³/mol. The fourth-order valence-electron chi connectivity index (χ4n) is 6.10. The molecule has 0 saturated carbocycles. The average Bonchev–Trinajstić information content (AvgIpc) is 3.16. The van der Waals surface area contributed by atoms with Crippen LogP contribution in [-0.2, 0) is 12.4 Å². The van der Waals surface area contributed by atoms with Crippen LogP contribution in [-0.4, -0.2) is 19.9 Å². The van der Waals surface area contributed by atoms with Gasteiger partial charge in [-0.15, -0.1) is 0 Å². The van der Waals surface area contributed by atoms with E-state index in [2.05, 4.69) is 0 Å². The Hall–Kier alpha value is -6.42. The molecule has 6 aromatic carbocycles. The lowest BCUT2D eigenvalue weighted by molar-refractivity contribution is -0.138. The molecule has 0 N–H and O–H groups in total.